The lowest BCUT2D eigenvalue weighted by atomic mass is 10.1. The predicted octanol–water partition coefficient (Wildman–Crippen LogP) is 1.53. The molecule has 1 saturated heterocycles. The lowest BCUT2D eigenvalue weighted by Crippen LogP contribution is -2.54. The van der Waals surface area contributed by atoms with Gasteiger partial charge in [-0.2, -0.15) is 0 Å². The number of hydrogen-bond donors (Lipinski definition) is 1. The summed E-state index contributed by atoms with van der Waals surface area (Å²) in [4.78, 5) is 2.54. The van der Waals surface area contributed by atoms with Crippen molar-refractivity contribution < 1.29 is 0 Å². The zero-order valence-corrected chi connectivity index (χ0v) is 9.67. The molecular weight excluding hydrogens is 195 g/mol. The van der Waals surface area contributed by atoms with Gasteiger partial charge in [0.2, 0.25) is 0 Å². The molecule has 2 nitrogen and oxygen atoms in total. The lowest BCUT2D eigenvalue weighted by molar-refractivity contribution is 0.124. The molecule has 1 heterocycles. The third kappa shape index (κ3) is 3.48. The normalized spacial score (nSPS) is 30.2. The molecule has 76 valence electrons. The van der Waals surface area contributed by atoms with Crippen molar-refractivity contribution in [2.45, 2.75) is 32.9 Å². The minimum absolute atomic E-state index is 0. The van der Waals surface area contributed by atoms with Crippen molar-refractivity contribution in [2.75, 3.05) is 19.6 Å². The molecule has 12 heavy (non-hydrogen) atoms. The Bertz CT molecular complexity index is 101. The molecule has 0 aromatic heterocycles. The van der Waals surface area contributed by atoms with Crippen LogP contribution in [0.4, 0.5) is 0 Å². The second-order valence-corrected chi connectivity index (χ2v) is 3.19. The fourth-order valence-corrected chi connectivity index (χ4v) is 1.79. The summed E-state index contributed by atoms with van der Waals surface area (Å²) in [6, 6.07) is 1.43. The zero-order valence-electron chi connectivity index (χ0n) is 8.04. The molecule has 0 aromatic carbocycles. The maximum Gasteiger partial charge on any atom is 0.0195 e. The van der Waals surface area contributed by atoms with Gasteiger partial charge in [0.05, 0.1) is 0 Å². The quantitative estimate of drug-likeness (QED) is 0.713. The highest BCUT2D eigenvalue weighted by molar-refractivity contribution is 5.85. The summed E-state index contributed by atoms with van der Waals surface area (Å²) < 4.78 is 0. The van der Waals surface area contributed by atoms with E-state index in [1.54, 1.807) is 0 Å². The molecule has 0 saturated carbocycles. The lowest BCUT2D eigenvalue weighted by Gasteiger charge is -2.38. The first-order chi connectivity index (χ1) is 4.75. The molecule has 0 radical (unpaired) electrons. The number of nitrogens with zero attached hydrogens (tertiary/aromatic N) is 1. The van der Waals surface area contributed by atoms with Crippen LogP contribution in [0.1, 0.15) is 20.8 Å². The van der Waals surface area contributed by atoms with Gasteiger partial charge in [-0.1, -0.05) is 6.92 Å². The van der Waals surface area contributed by atoms with Crippen molar-refractivity contribution >= 4 is 24.8 Å². The summed E-state index contributed by atoms with van der Waals surface area (Å²) in [5.41, 5.74) is 0. The molecule has 0 amide bonds. The molecule has 2 unspecified atom stereocenters. The summed E-state index contributed by atoms with van der Waals surface area (Å²) in [5, 5.41) is 3.41. The third-order valence-electron chi connectivity index (χ3n) is 2.38. The summed E-state index contributed by atoms with van der Waals surface area (Å²) >= 11 is 0. The van der Waals surface area contributed by atoms with E-state index in [4.69, 9.17) is 0 Å². The standard InChI is InChI=1S/C8H18N2.2ClH/c1-4-10-7(2)5-9-6-8(10)3;;/h7-9H,4-6H2,1-3H3;2*1H. The van der Waals surface area contributed by atoms with Crippen LogP contribution in [0, 0.1) is 0 Å². The van der Waals surface area contributed by atoms with Gasteiger partial charge in [-0.05, 0) is 20.4 Å². The SMILES string of the molecule is CCN1C(C)CNCC1C.Cl.Cl. The van der Waals surface area contributed by atoms with Gasteiger partial charge in [-0.15, -0.1) is 24.8 Å². The van der Waals surface area contributed by atoms with Gasteiger partial charge < -0.3 is 5.32 Å². The molecule has 0 aromatic rings. The van der Waals surface area contributed by atoms with Crippen molar-refractivity contribution in [1.82, 2.24) is 10.2 Å². The van der Waals surface area contributed by atoms with Crippen molar-refractivity contribution in [3.05, 3.63) is 0 Å². The first kappa shape index (κ1) is 15.0. The van der Waals surface area contributed by atoms with Gasteiger partial charge in [0.25, 0.3) is 0 Å². The Morgan fingerprint density at radius 3 is 1.83 bits per heavy atom. The summed E-state index contributed by atoms with van der Waals surface area (Å²) in [6.45, 7) is 10.3. The molecule has 0 spiro atoms. The summed E-state index contributed by atoms with van der Waals surface area (Å²) in [6.07, 6.45) is 0. The first-order valence-corrected chi connectivity index (χ1v) is 4.22. The second kappa shape index (κ2) is 6.96. The highest BCUT2D eigenvalue weighted by atomic mass is 35.5. The molecule has 1 fully saturated rings. The van der Waals surface area contributed by atoms with Crippen LogP contribution in [0.2, 0.25) is 0 Å². The monoisotopic (exact) mass is 214 g/mol. The van der Waals surface area contributed by atoms with E-state index in [9.17, 15) is 0 Å². The number of halogens is 2. The maximum absolute atomic E-state index is 3.41. The third-order valence-corrected chi connectivity index (χ3v) is 2.38. The number of likely N-dealkylation sites (N-methyl/N-ethyl adjacent to an activating group) is 1. The Kier molecular flexibility index (Phi) is 8.69. The number of nitrogens with one attached hydrogen (secondary N) is 1. The molecule has 0 aliphatic carbocycles. The smallest absolute Gasteiger partial charge is 0.0195 e. The number of hydrogen-bond acceptors (Lipinski definition) is 2. The van der Waals surface area contributed by atoms with Crippen molar-refractivity contribution in [3.8, 4) is 0 Å². The van der Waals surface area contributed by atoms with Crippen LogP contribution < -0.4 is 5.32 Å². The largest absolute Gasteiger partial charge is 0.314 e. The summed E-state index contributed by atoms with van der Waals surface area (Å²) in [7, 11) is 0. The van der Waals surface area contributed by atoms with E-state index in [-0.39, 0.29) is 24.8 Å². The zero-order chi connectivity index (χ0) is 7.56. The first-order valence-electron chi connectivity index (χ1n) is 4.22. The van der Waals surface area contributed by atoms with Gasteiger partial charge >= 0.3 is 0 Å². The fourth-order valence-electron chi connectivity index (χ4n) is 1.79. The van der Waals surface area contributed by atoms with Gasteiger partial charge in [-0.25, -0.2) is 0 Å². The van der Waals surface area contributed by atoms with Crippen LogP contribution in [0.3, 0.4) is 0 Å². The predicted molar refractivity (Wildman–Crippen MR) is 58.7 cm³/mol. The van der Waals surface area contributed by atoms with E-state index in [0.29, 0.717) is 12.1 Å². The van der Waals surface area contributed by atoms with E-state index < -0.39 is 0 Å². The van der Waals surface area contributed by atoms with Crippen molar-refractivity contribution in [3.63, 3.8) is 0 Å². The fraction of sp³-hybridized carbons (Fsp3) is 1.00. The Morgan fingerprint density at radius 2 is 1.58 bits per heavy atom. The Balaban J connectivity index is 0. The highest BCUT2D eigenvalue weighted by Gasteiger charge is 2.21. The second-order valence-electron chi connectivity index (χ2n) is 3.19. The molecule has 4 heteroatoms. The van der Waals surface area contributed by atoms with Gasteiger partial charge in [0.15, 0.2) is 0 Å². The molecule has 1 aliphatic rings. The molecule has 2 atom stereocenters. The van der Waals surface area contributed by atoms with Crippen LogP contribution in [0.25, 0.3) is 0 Å². The van der Waals surface area contributed by atoms with E-state index in [1.807, 2.05) is 0 Å². The maximum atomic E-state index is 3.41. The van der Waals surface area contributed by atoms with E-state index in [1.165, 1.54) is 6.54 Å². The Hall–Kier alpha value is 0.500. The molecule has 1 aliphatic heterocycles. The average Bonchev–Trinajstić information content (AvgIpc) is 1.88. The van der Waals surface area contributed by atoms with Crippen LogP contribution in [-0.4, -0.2) is 36.6 Å². The van der Waals surface area contributed by atoms with E-state index >= 15 is 0 Å². The van der Waals surface area contributed by atoms with Gasteiger partial charge in [0.1, 0.15) is 0 Å². The van der Waals surface area contributed by atoms with Gasteiger partial charge in [-0.3, -0.25) is 4.90 Å². The summed E-state index contributed by atoms with van der Waals surface area (Å²) in [5.74, 6) is 0. The topological polar surface area (TPSA) is 15.3 Å². The molecule has 1 rings (SSSR count). The highest BCUT2D eigenvalue weighted by Crippen LogP contribution is 2.07. The van der Waals surface area contributed by atoms with E-state index in [0.717, 1.165) is 13.1 Å². The Morgan fingerprint density at radius 1 is 1.17 bits per heavy atom. The van der Waals surface area contributed by atoms with Crippen molar-refractivity contribution in [1.29, 1.82) is 0 Å². The van der Waals surface area contributed by atoms with Crippen LogP contribution in [0.5, 0.6) is 0 Å². The van der Waals surface area contributed by atoms with Gasteiger partial charge in [0, 0.05) is 25.2 Å². The van der Waals surface area contributed by atoms with E-state index in [2.05, 4.69) is 31.0 Å². The molecular formula is C8H20Cl2N2. The van der Waals surface area contributed by atoms with Crippen LogP contribution in [0.15, 0.2) is 0 Å². The minimum Gasteiger partial charge on any atom is -0.314 e. The Labute approximate surface area is 87.9 Å². The van der Waals surface area contributed by atoms with Crippen molar-refractivity contribution in [2.24, 2.45) is 0 Å². The molecule has 0 bridgehead atoms. The van der Waals surface area contributed by atoms with Crippen LogP contribution >= 0.6 is 24.8 Å². The number of piperazine rings is 1. The van der Waals surface area contributed by atoms with Crippen LogP contribution in [-0.2, 0) is 0 Å². The molecule has 1 N–H and O–H groups in total. The average molecular weight is 215 g/mol. The minimum atomic E-state index is 0. The number of rotatable bonds is 1.